The summed E-state index contributed by atoms with van der Waals surface area (Å²) in [5.74, 6) is 0.533. The summed E-state index contributed by atoms with van der Waals surface area (Å²) in [6.07, 6.45) is 3.33. The summed E-state index contributed by atoms with van der Waals surface area (Å²) < 4.78 is 0. The predicted molar refractivity (Wildman–Crippen MR) is 51.5 cm³/mol. The van der Waals surface area contributed by atoms with Crippen molar-refractivity contribution in [3.05, 3.63) is 11.8 Å². The Labute approximate surface area is 72.7 Å². The van der Waals surface area contributed by atoms with Crippen LogP contribution >= 0.6 is 0 Å². The zero-order valence-electron chi connectivity index (χ0n) is 7.70. The molecule has 0 spiro atoms. The second kappa shape index (κ2) is 6.54. The fourth-order valence-electron chi connectivity index (χ4n) is 0.515. The molecule has 0 fully saturated rings. The van der Waals surface area contributed by atoms with Gasteiger partial charge < -0.3 is 10.4 Å². The highest BCUT2D eigenvalue weighted by Crippen LogP contribution is 1.86. The van der Waals surface area contributed by atoms with E-state index in [0.717, 1.165) is 5.57 Å². The molecule has 68 valence electrons. The molecule has 0 aromatic heterocycles. The largest absolute Gasteiger partial charge is 0.392 e. The lowest BCUT2D eigenvalue weighted by Crippen LogP contribution is -2.15. The number of rotatable bonds is 2. The van der Waals surface area contributed by atoms with E-state index in [1.54, 1.807) is 19.5 Å². The lowest BCUT2D eigenvalue weighted by molar-refractivity contribution is 0.331. The highest BCUT2D eigenvalue weighted by atomic mass is 16.3. The smallest absolute Gasteiger partial charge is 0.221 e. The van der Waals surface area contributed by atoms with Crippen LogP contribution in [0.3, 0.4) is 0 Å². The molecule has 0 aliphatic heterocycles. The molecule has 0 radical (unpaired) electrons. The van der Waals surface area contributed by atoms with Gasteiger partial charge in [-0.2, -0.15) is 0 Å². The van der Waals surface area contributed by atoms with Gasteiger partial charge in [0.1, 0.15) is 0 Å². The van der Waals surface area contributed by atoms with Gasteiger partial charge in [0.15, 0.2) is 0 Å². The predicted octanol–water partition coefficient (Wildman–Crippen LogP) is 0.549. The molecule has 12 heavy (non-hydrogen) atoms. The van der Waals surface area contributed by atoms with E-state index in [1.807, 2.05) is 13.8 Å². The molecule has 0 aliphatic carbocycles. The van der Waals surface area contributed by atoms with E-state index in [4.69, 9.17) is 5.11 Å². The molecular weight excluding hydrogens is 154 g/mol. The maximum absolute atomic E-state index is 8.66. The van der Waals surface area contributed by atoms with E-state index in [1.165, 1.54) is 0 Å². The Morgan fingerprint density at radius 3 is 2.67 bits per heavy atom. The molecule has 0 bridgehead atoms. The Bertz CT molecular complexity index is 206. The number of hydrogen-bond donors (Lipinski definition) is 2. The van der Waals surface area contributed by atoms with E-state index < -0.39 is 0 Å². The van der Waals surface area contributed by atoms with Gasteiger partial charge in [-0.25, -0.2) is 4.99 Å². The van der Waals surface area contributed by atoms with Crippen LogP contribution in [0.25, 0.3) is 0 Å². The molecule has 0 aromatic rings. The zero-order chi connectivity index (χ0) is 9.40. The topological polar surface area (TPSA) is 57.0 Å². The van der Waals surface area contributed by atoms with E-state index in [9.17, 15) is 0 Å². The van der Waals surface area contributed by atoms with Crippen LogP contribution in [0.4, 0.5) is 0 Å². The number of aliphatic imine (C=N–C) groups is 2. The first-order valence-electron chi connectivity index (χ1n) is 3.73. The molecule has 0 heterocycles. The summed E-state index contributed by atoms with van der Waals surface area (Å²) in [6, 6.07) is 0. The first kappa shape index (κ1) is 10.8. The van der Waals surface area contributed by atoms with Crippen LogP contribution in [-0.4, -0.2) is 30.9 Å². The van der Waals surface area contributed by atoms with Gasteiger partial charge in [0.25, 0.3) is 0 Å². The minimum atomic E-state index is 0.0415. The fourth-order valence-corrected chi connectivity index (χ4v) is 0.515. The van der Waals surface area contributed by atoms with Crippen LogP contribution in [0.2, 0.25) is 0 Å². The molecule has 0 aliphatic rings. The van der Waals surface area contributed by atoms with Gasteiger partial charge in [0.05, 0.1) is 6.61 Å². The van der Waals surface area contributed by atoms with Crippen molar-refractivity contribution in [3.8, 4) is 0 Å². The Hall–Kier alpha value is -1.16. The molecule has 0 saturated heterocycles. The lowest BCUT2D eigenvalue weighted by Gasteiger charge is -1.99. The van der Waals surface area contributed by atoms with Crippen molar-refractivity contribution >= 4 is 12.2 Å². The second-order valence-corrected chi connectivity index (χ2v) is 2.23. The number of aliphatic hydroxyl groups excluding tert-OH is 1. The molecule has 0 atom stereocenters. The maximum atomic E-state index is 8.66. The molecule has 0 aromatic carbocycles. The van der Waals surface area contributed by atoms with Crippen LogP contribution in [-0.2, 0) is 0 Å². The van der Waals surface area contributed by atoms with Gasteiger partial charge >= 0.3 is 0 Å². The fraction of sp³-hybridized carbons (Fsp3) is 0.500. The van der Waals surface area contributed by atoms with Crippen molar-refractivity contribution in [2.45, 2.75) is 13.8 Å². The summed E-state index contributed by atoms with van der Waals surface area (Å²) in [6.45, 7) is 3.67. The van der Waals surface area contributed by atoms with Gasteiger partial charge in [-0.15, -0.1) is 0 Å². The van der Waals surface area contributed by atoms with Gasteiger partial charge in [0.2, 0.25) is 5.96 Å². The number of nitrogens with zero attached hydrogens (tertiary/aromatic N) is 2. The van der Waals surface area contributed by atoms with E-state index in [0.29, 0.717) is 5.96 Å². The maximum Gasteiger partial charge on any atom is 0.221 e. The normalized spacial score (nSPS) is 14.0. The second-order valence-electron chi connectivity index (χ2n) is 2.23. The Kier molecular flexibility index (Phi) is 5.91. The summed E-state index contributed by atoms with van der Waals surface area (Å²) >= 11 is 0. The highest BCUT2D eigenvalue weighted by molar-refractivity contribution is 5.87. The first-order chi connectivity index (χ1) is 5.74. The summed E-state index contributed by atoms with van der Waals surface area (Å²) in [5.41, 5.74) is 0.836. The number of hydrogen-bond acceptors (Lipinski definition) is 2. The lowest BCUT2D eigenvalue weighted by atomic mass is 10.4. The van der Waals surface area contributed by atoms with Gasteiger partial charge in [0, 0.05) is 19.5 Å². The quantitative estimate of drug-likeness (QED) is 0.468. The molecule has 4 heteroatoms. The molecule has 0 saturated carbocycles. The molecule has 0 rings (SSSR count). The van der Waals surface area contributed by atoms with Crippen LogP contribution < -0.4 is 5.32 Å². The van der Waals surface area contributed by atoms with Crippen LogP contribution in [0.15, 0.2) is 21.8 Å². The third-order valence-electron chi connectivity index (χ3n) is 1.16. The van der Waals surface area contributed by atoms with E-state index >= 15 is 0 Å². The monoisotopic (exact) mass is 169 g/mol. The van der Waals surface area contributed by atoms with Crippen LogP contribution in [0, 0.1) is 0 Å². The Morgan fingerprint density at radius 1 is 1.58 bits per heavy atom. The minimum absolute atomic E-state index is 0.0415. The standard InChI is InChI=1S/C8H15N3O/c1-4-10-8(9-3)11-5-7(2)6-12/h4-5,12H,6H2,1-3H3,(H,9,11). The molecular formula is C8H15N3O. The zero-order valence-corrected chi connectivity index (χ0v) is 7.70. The number of guanidine groups is 1. The van der Waals surface area contributed by atoms with E-state index in [-0.39, 0.29) is 6.61 Å². The van der Waals surface area contributed by atoms with Gasteiger partial charge in [-0.1, -0.05) is 0 Å². The highest BCUT2D eigenvalue weighted by Gasteiger charge is 1.88. The average Bonchev–Trinajstić information content (AvgIpc) is 2.11. The van der Waals surface area contributed by atoms with E-state index in [2.05, 4.69) is 15.3 Å². The van der Waals surface area contributed by atoms with Crippen molar-refractivity contribution in [1.82, 2.24) is 5.32 Å². The van der Waals surface area contributed by atoms with Crippen molar-refractivity contribution in [1.29, 1.82) is 0 Å². The molecule has 4 nitrogen and oxygen atoms in total. The summed E-state index contributed by atoms with van der Waals surface area (Å²) in [7, 11) is 1.65. The third-order valence-corrected chi connectivity index (χ3v) is 1.16. The summed E-state index contributed by atoms with van der Waals surface area (Å²) in [5, 5.41) is 11.5. The first-order valence-corrected chi connectivity index (χ1v) is 3.73. The summed E-state index contributed by atoms with van der Waals surface area (Å²) in [4.78, 5) is 7.80. The van der Waals surface area contributed by atoms with Crippen molar-refractivity contribution in [3.63, 3.8) is 0 Å². The van der Waals surface area contributed by atoms with Crippen molar-refractivity contribution in [2.75, 3.05) is 13.7 Å². The van der Waals surface area contributed by atoms with Gasteiger partial charge in [-0.05, 0) is 19.4 Å². The average molecular weight is 169 g/mol. The Balaban J connectivity index is 4.06. The van der Waals surface area contributed by atoms with Crippen molar-refractivity contribution in [2.24, 2.45) is 9.98 Å². The minimum Gasteiger partial charge on any atom is -0.392 e. The third kappa shape index (κ3) is 4.62. The molecule has 0 unspecified atom stereocenters. The molecule has 0 amide bonds. The Morgan fingerprint density at radius 2 is 2.25 bits per heavy atom. The van der Waals surface area contributed by atoms with Crippen LogP contribution in [0.5, 0.6) is 0 Å². The van der Waals surface area contributed by atoms with Gasteiger partial charge in [-0.3, -0.25) is 4.99 Å². The number of nitrogens with one attached hydrogen (secondary N) is 1. The molecule has 2 N–H and O–H groups in total. The SMILES string of the molecule is CC=NC(=NC)NC=C(C)CO. The number of aliphatic hydroxyl groups is 1. The van der Waals surface area contributed by atoms with Crippen LogP contribution in [0.1, 0.15) is 13.8 Å². The van der Waals surface area contributed by atoms with Crippen molar-refractivity contribution < 1.29 is 5.11 Å².